The van der Waals surface area contributed by atoms with Crippen LogP contribution >= 0.6 is 0 Å². The van der Waals surface area contributed by atoms with Crippen LogP contribution in [0.5, 0.6) is 0 Å². The molecule has 0 saturated carbocycles. The van der Waals surface area contributed by atoms with Gasteiger partial charge in [0.15, 0.2) is 0 Å². The number of anilines is 1. The summed E-state index contributed by atoms with van der Waals surface area (Å²) in [6, 6.07) is 5.92. The monoisotopic (exact) mass is 544 g/mol. The Morgan fingerprint density at radius 3 is 1.95 bits per heavy atom. The average Bonchev–Trinajstić information content (AvgIpc) is 2.94. The Morgan fingerprint density at radius 1 is 0.769 bits per heavy atom. The third-order valence-corrected chi connectivity index (χ3v) is 6.69. The SMILES string of the molecule is CCCCCCCC/C=C\CCCCCCCNN(C(=O)O)c1ccccc1C(=O)N(C)C(=O)NCCCC. The first kappa shape index (κ1) is 34.2. The fourth-order valence-corrected chi connectivity index (χ4v) is 4.26. The molecule has 220 valence electrons. The lowest BCUT2D eigenvalue weighted by atomic mass is 10.1. The van der Waals surface area contributed by atoms with Crippen molar-refractivity contribution in [3.8, 4) is 0 Å². The van der Waals surface area contributed by atoms with E-state index >= 15 is 0 Å². The van der Waals surface area contributed by atoms with Gasteiger partial charge in [-0.3, -0.25) is 9.69 Å². The second-order valence-electron chi connectivity index (χ2n) is 10.1. The van der Waals surface area contributed by atoms with Crippen molar-refractivity contribution in [2.45, 2.75) is 110 Å². The number of carbonyl (C=O) groups excluding carboxylic acids is 2. The van der Waals surface area contributed by atoms with Crippen LogP contribution < -0.4 is 15.8 Å². The van der Waals surface area contributed by atoms with Crippen LogP contribution in [0.1, 0.15) is 121 Å². The van der Waals surface area contributed by atoms with Crippen LogP contribution in [0.4, 0.5) is 15.3 Å². The molecule has 8 heteroatoms. The van der Waals surface area contributed by atoms with E-state index in [1.807, 2.05) is 6.92 Å². The summed E-state index contributed by atoms with van der Waals surface area (Å²) >= 11 is 0. The van der Waals surface area contributed by atoms with Gasteiger partial charge in [-0.15, -0.1) is 0 Å². The zero-order valence-electron chi connectivity index (χ0n) is 24.6. The van der Waals surface area contributed by atoms with Crippen LogP contribution in [0, 0.1) is 0 Å². The summed E-state index contributed by atoms with van der Waals surface area (Å²) in [7, 11) is 1.39. The third-order valence-electron chi connectivity index (χ3n) is 6.69. The van der Waals surface area contributed by atoms with E-state index in [0.717, 1.165) is 54.9 Å². The Morgan fingerprint density at radius 2 is 1.33 bits per heavy atom. The van der Waals surface area contributed by atoms with Crippen molar-refractivity contribution in [3.05, 3.63) is 42.0 Å². The minimum Gasteiger partial charge on any atom is -0.464 e. The molecule has 1 aromatic rings. The minimum atomic E-state index is -1.21. The van der Waals surface area contributed by atoms with Crippen LogP contribution in [-0.4, -0.2) is 48.2 Å². The van der Waals surface area contributed by atoms with Gasteiger partial charge in [-0.2, -0.15) is 0 Å². The number of para-hydroxylation sites is 1. The maximum atomic E-state index is 13.0. The van der Waals surface area contributed by atoms with Gasteiger partial charge in [0.2, 0.25) is 0 Å². The van der Waals surface area contributed by atoms with Crippen LogP contribution in [0.15, 0.2) is 36.4 Å². The fourth-order valence-electron chi connectivity index (χ4n) is 4.26. The Labute approximate surface area is 236 Å². The van der Waals surface area contributed by atoms with Gasteiger partial charge < -0.3 is 10.4 Å². The second-order valence-corrected chi connectivity index (χ2v) is 10.1. The molecule has 8 nitrogen and oxygen atoms in total. The predicted octanol–water partition coefficient (Wildman–Crippen LogP) is 7.90. The molecular weight excluding hydrogens is 492 g/mol. The number of urea groups is 1. The number of hydrogen-bond acceptors (Lipinski definition) is 4. The third kappa shape index (κ3) is 14.7. The number of amides is 4. The number of benzene rings is 1. The molecule has 0 aliphatic heterocycles. The van der Waals surface area contributed by atoms with Crippen LogP contribution in [0.2, 0.25) is 0 Å². The highest BCUT2D eigenvalue weighted by Gasteiger charge is 2.25. The van der Waals surface area contributed by atoms with Crippen molar-refractivity contribution in [3.63, 3.8) is 0 Å². The molecule has 4 amide bonds. The fraction of sp³-hybridized carbons (Fsp3) is 0.645. The van der Waals surface area contributed by atoms with E-state index in [-0.39, 0.29) is 11.3 Å². The minimum absolute atomic E-state index is 0.144. The van der Waals surface area contributed by atoms with Crippen molar-refractivity contribution in [2.75, 3.05) is 25.1 Å². The lowest BCUT2D eigenvalue weighted by Gasteiger charge is -2.24. The Hall–Kier alpha value is -2.87. The number of hydrogen-bond donors (Lipinski definition) is 3. The molecule has 0 bridgehead atoms. The maximum absolute atomic E-state index is 13.0. The molecule has 1 aromatic carbocycles. The summed E-state index contributed by atoms with van der Waals surface area (Å²) < 4.78 is 0. The van der Waals surface area contributed by atoms with Crippen molar-refractivity contribution >= 4 is 23.7 Å². The zero-order chi connectivity index (χ0) is 28.7. The second kappa shape index (κ2) is 22.0. The molecule has 0 aromatic heterocycles. The van der Waals surface area contributed by atoms with Gasteiger partial charge in [-0.1, -0.05) is 95.9 Å². The number of nitrogens with zero attached hydrogens (tertiary/aromatic N) is 2. The molecule has 0 atom stereocenters. The van der Waals surface area contributed by atoms with Gasteiger partial charge in [-0.25, -0.2) is 20.0 Å². The number of nitrogens with one attached hydrogen (secondary N) is 2. The van der Waals surface area contributed by atoms with Gasteiger partial charge in [0.1, 0.15) is 0 Å². The molecule has 39 heavy (non-hydrogen) atoms. The summed E-state index contributed by atoms with van der Waals surface area (Å²) in [4.78, 5) is 38.3. The highest BCUT2D eigenvalue weighted by atomic mass is 16.4. The van der Waals surface area contributed by atoms with Crippen molar-refractivity contribution in [2.24, 2.45) is 0 Å². The van der Waals surface area contributed by atoms with E-state index in [9.17, 15) is 19.5 Å². The summed E-state index contributed by atoms with van der Waals surface area (Å²) in [5.41, 5.74) is 3.29. The molecule has 0 fully saturated rings. The van der Waals surface area contributed by atoms with Crippen LogP contribution in [0.25, 0.3) is 0 Å². The molecule has 0 unspecified atom stereocenters. The molecule has 3 N–H and O–H groups in total. The number of rotatable bonds is 21. The number of carbonyl (C=O) groups is 3. The summed E-state index contributed by atoms with van der Waals surface area (Å²) in [5.74, 6) is -0.561. The number of carboxylic acid groups (broad SMARTS) is 1. The first-order chi connectivity index (χ1) is 18.9. The van der Waals surface area contributed by atoms with Gasteiger partial charge in [0.25, 0.3) is 5.91 Å². The molecule has 1 rings (SSSR count). The number of allylic oxidation sites excluding steroid dienone is 2. The van der Waals surface area contributed by atoms with Crippen LogP contribution in [0.3, 0.4) is 0 Å². The molecule has 0 spiro atoms. The van der Waals surface area contributed by atoms with E-state index in [0.29, 0.717) is 13.1 Å². The Balaban J connectivity index is 2.38. The predicted molar refractivity (Wildman–Crippen MR) is 160 cm³/mol. The smallest absolute Gasteiger partial charge is 0.426 e. The van der Waals surface area contributed by atoms with Crippen molar-refractivity contribution in [1.29, 1.82) is 0 Å². The van der Waals surface area contributed by atoms with Gasteiger partial charge in [0.05, 0.1) is 11.3 Å². The van der Waals surface area contributed by atoms with E-state index in [1.165, 1.54) is 64.5 Å². The number of unbranched alkanes of at least 4 members (excludes halogenated alkanes) is 12. The van der Waals surface area contributed by atoms with Crippen molar-refractivity contribution < 1.29 is 19.5 Å². The van der Waals surface area contributed by atoms with E-state index in [2.05, 4.69) is 29.8 Å². The topological polar surface area (TPSA) is 102 Å². The lowest BCUT2D eigenvalue weighted by molar-refractivity contribution is 0.0832. The average molecular weight is 545 g/mol. The molecule has 0 aliphatic rings. The summed E-state index contributed by atoms with van der Waals surface area (Å²) in [6.45, 7) is 5.22. The molecular formula is C31H52N4O4. The first-order valence-corrected chi connectivity index (χ1v) is 15.0. The largest absolute Gasteiger partial charge is 0.464 e. The van der Waals surface area contributed by atoms with Crippen LogP contribution in [-0.2, 0) is 0 Å². The highest BCUT2D eigenvalue weighted by molar-refractivity contribution is 6.08. The standard InChI is InChI=1S/C31H52N4O4/c1-4-6-8-9-10-11-12-13-14-15-16-17-18-19-22-26-33-35(31(38)39)28-24-21-20-23-27(28)29(36)34(3)30(37)32-25-7-5-2/h13-14,20-21,23-24,33H,4-12,15-19,22,25-26H2,1-3H3,(H,32,37)(H,38,39)/b14-13-. The quantitative estimate of drug-likeness (QED) is 0.0829. The zero-order valence-corrected chi connectivity index (χ0v) is 24.6. The first-order valence-electron chi connectivity index (χ1n) is 15.0. The molecule has 0 heterocycles. The van der Waals surface area contributed by atoms with Gasteiger partial charge in [-0.05, 0) is 50.7 Å². The van der Waals surface area contributed by atoms with E-state index in [1.54, 1.807) is 18.2 Å². The lowest BCUT2D eigenvalue weighted by Crippen LogP contribution is -2.45. The number of hydrazine groups is 1. The normalized spacial score (nSPS) is 11.1. The van der Waals surface area contributed by atoms with Gasteiger partial charge >= 0.3 is 12.1 Å². The Bertz CT molecular complexity index is 859. The molecule has 0 radical (unpaired) electrons. The number of imide groups is 1. The Kier molecular flexibility index (Phi) is 19.3. The molecule has 0 aliphatic carbocycles. The van der Waals surface area contributed by atoms with Gasteiger partial charge in [0, 0.05) is 20.1 Å². The van der Waals surface area contributed by atoms with E-state index in [4.69, 9.17) is 0 Å². The molecule has 0 saturated heterocycles. The van der Waals surface area contributed by atoms with E-state index < -0.39 is 18.0 Å². The maximum Gasteiger partial charge on any atom is 0.426 e. The van der Waals surface area contributed by atoms with Crippen molar-refractivity contribution in [1.82, 2.24) is 15.6 Å². The summed E-state index contributed by atoms with van der Waals surface area (Å²) in [5, 5.41) is 13.5. The summed E-state index contributed by atoms with van der Waals surface area (Å²) in [6.07, 6.45) is 20.8. The highest BCUT2D eigenvalue weighted by Crippen LogP contribution is 2.21.